The fourth-order valence-corrected chi connectivity index (χ4v) is 9.41. The standard InChI is InChI=1S/C46H54N8O4/c1-52(2)41(35-14-8-5-9-15-35)45(56)54-27-11-17-39(54)43-48-29-37(50-43)33-24-20-31(21-25-33)30-18-22-32(23-19-30)36-28-47-42(49-36)38-16-10-26-53(38)44(55)40(51-46(57)58-3)34-12-6-4-7-13-34/h4-9,12-15,20-21,24-25,28-30,32,38-41H,10-11,16-19,22-23,26-27H2,1-3H3,(H,47,49)(H,48,50)(H,51,57)/t30?,32?,38-,39-,40+,41+/m0/s1. The van der Waals surface area contributed by atoms with Gasteiger partial charge in [-0.05, 0) is 93.6 Å². The van der Waals surface area contributed by atoms with Crippen LogP contribution in [-0.4, -0.2) is 86.8 Å². The molecule has 302 valence electrons. The fraction of sp³-hybridized carbons (Fsp3) is 0.413. The molecule has 5 aromatic rings. The van der Waals surface area contributed by atoms with E-state index in [9.17, 15) is 14.4 Å². The van der Waals surface area contributed by atoms with Gasteiger partial charge in [-0.3, -0.25) is 14.5 Å². The topological polar surface area (TPSA) is 140 Å². The van der Waals surface area contributed by atoms with Gasteiger partial charge < -0.3 is 29.8 Å². The smallest absolute Gasteiger partial charge is 0.407 e. The number of carbonyl (C=O) groups is 3. The van der Waals surface area contributed by atoms with Crippen molar-refractivity contribution < 1.29 is 19.1 Å². The van der Waals surface area contributed by atoms with Gasteiger partial charge in [0.05, 0.1) is 31.1 Å². The van der Waals surface area contributed by atoms with Gasteiger partial charge in [-0.2, -0.15) is 0 Å². The number of alkyl carbamates (subject to hydrolysis) is 1. The summed E-state index contributed by atoms with van der Waals surface area (Å²) in [6.45, 7) is 1.33. The number of amides is 3. The molecule has 0 spiro atoms. The third-order valence-electron chi connectivity index (χ3n) is 12.5. The Labute approximate surface area is 340 Å². The minimum Gasteiger partial charge on any atom is -0.453 e. The zero-order chi connectivity index (χ0) is 40.2. The van der Waals surface area contributed by atoms with Gasteiger partial charge in [0.1, 0.15) is 23.7 Å². The van der Waals surface area contributed by atoms with E-state index in [0.29, 0.717) is 23.9 Å². The number of aromatic amines is 2. The molecule has 3 aliphatic rings. The van der Waals surface area contributed by atoms with Gasteiger partial charge in [0.2, 0.25) is 5.91 Å². The summed E-state index contributed by atoms with van der Waals surface area (Å²) in [7, 11) is 5.23. The second-order valence-corrected chi connectivity index (χ2v) is 16.2. The van der Waals surface area contributed by atoms with E-state index in [1.54, 1.807) is 0 Å². The Morgan fingerprint density at radius 3 is 1.90 bits per heavy atom. The largest absolute Gasteiger partial charge is 0.453 e. The van der Waals surface area contributed by atoms with Crippen molar-refractivity contribution in [3.05, 3.63) is 131 Å². The molecule has 12 heteroatoms. The molecule has 4 atom stereocenters. The molecule has 0 bridgehead atoms. The first kappa shape index (κ1) is 39.1. The molecule has 8 rings (SSSR count). The molecule has 58 heavy (non-hydrogen) atoms. The molecule has 2 aromatic heterocycles. The number of aromatic nitrogens is 4. The van der Waals surface area contributed by atoms with Crippen molar-refractivity contribution in [2.45, 2.75) is 87.4 Å². The van der Waals surface area contributed by atoms with Gasteiger partial charge in [-0.25, -0.2) is 14.8 Å². The highest BCUT2D eigenvalue weighted by Gasteiger charge is 2.39. The van der Waals surface area contributed by atoms with Gasteiger partial charge in [-0.15, -0.1) is 0 Å². The maximum absolute atomic E-state index is 13.9. The number of benzene rings is 3. The molecule has 12 nitrogen and oxygen atoms in total. The highest BCUT2D eigenvalue weighted by atomic mass is 16.5. The molecule has 0 unspecified atom stereocenters. The number of ether oxygens (including phenoxy) is 1. The van der Waals surface area contributed by atoms with E-state index in [4.69, 9.17) is 14.7 Å². The zero-order valence-electron chi connectivity index (χ0n) is 33.6. The second-order valence-electron chi connectivity index (χ2n) is 16.2. The van der Waals surface area contributed by atoms with E-state index in [0.717, 1.165) is 92.1 Å². The number of nitrogens with one attached hydrogen (secondary N) is 3. The van der Waals surface area contributed by atoms with Crippen LogP contribution in [0.15, 0.2) is 97.3 Å². The van der Waals surface area contributed by atoms with E-state index in [-0.39, 0.29) is 29.9 Å². The molecule has 3 N–H and O–H groups in total. The monoisotopic (exact) mass is 782 g/mol. The number of rotatable bonds is 11. The second kappa shape index (κ2) is 17.4. The highest BCUT2D eigenvalue weighted by Crippen LogP contribution is 2.42. The van der Waals surface area contributed by atoms with Crippen molar-refractivity contribution in [3.63, 3.8) is 0 Å². The summed E-state index contributed by atoms with van der Waals surface area (Å²) in [5, 5.41) is 2.74. The number of likely N-dealkylation sites (N-methyl/N-ethyl adjacent to an activating group) is 1. The van der Waals surface area contributed by atoms with Gasteiger partial charge >= 0.3 is 6.09 Å². The lowest BCUT2D eigenvalue weighted by Crippen LogP contribution is -2.42. The molecule has 1 saturated carbocycles. The Kier molecular flexibility index (Phi) is 11.7. The van der Waals surface area contributed by atoms with Crippen molar-refractivity contribution in [2.75, 3.05) is 34.3 Å². The molecular weight excluding hydrogens is 729 g/mol. The number of nitrogens with zero attached hydrogens (tertiary/aromatic N) is 5. The Hall–Kier alpha value is -5.75. The molecular formula is C46H54N8O4. The van der Waals surface area contributed by atoms with Crippen molar-refractivity contribution in [3.8, 4) is 11.3 Å². The molecule has 3 amide bonds. The summed E-state index contributed by atoms with van der Waals surface area (Å²) in [6, 6.07) is 26.8. The highest BCUT2D eigenvalue weighted by molar-refractivity contribution is 5.87. The van der Waals surface area contributed by atoms with Crippen LogP contribution in [0.3, 0.4) is 0 Å². The Balaban J connectivity index is 0.877. The number of hydrogen-bond donors (Lipinski definition) is 3. The predicted octanol–water partition coefficient (Wildman–Crippen LogP) is 7.97. The van der Waals surface area contributed by atoms with Crippen LogP contribution in [0.5, 0.6) is 0 Å². The number of carbonyl (C=O) groups excluding carboxylic acids is 3. The van der Waals surface area contributed by atoms with Crippen LogP contribution >= 0.6 is 0 Å². The van der Waals surface area contributed by atoms with Crippen LogP contribution in [0.25, 0.3) is 11.3 Å². The van der Waals surface area contributed by atoms with Crippen molar-refractivity contribution in [1.29, 1.82) is 0 Å². The van der Waals surface area contributed by atoms with Crippen LogP contribution in [-0.2, 0) is 14.3 Å². The van der Waals surface area contributed by atoms with E-state index in [2.05, 4.69) is 39.6 Å². The summed E-state index contributed by atoms with van der Waals surface area (Å²) in [5.74, 6) is 2.46. The Morgan fingerprint density at radius 1 is 0.707 bits per heavy atom. The van der Waals surface area contributed by atoms with Crippen molar-refractivity contribution >= 4 is 17.9 Å². The molecule has 4 heterocycles. The first-order valence-electron chi connectivity index (χ1n) is 20.7. The third-order valence-corrected chi connectivity index (χ3v) is 12.5. The minimum absolute atomic E-state index is 0.0743. The summed E-state index contributed by atoms with van der Waals surface area (Å²) >= 11 is 0. The maximum Gasteiger partial charge on any atom is 0.407 e. The number of likely N-dealkylation sites (tertiary alicyclic amines) is 2. The lowest BCUT2D eigenvalue weighted by atomic mass is 9.77. The maximum atomic E-state index is 13.9. The lowest BCUT2D eigenvalue weighted by molar-refractivity contribution is -0.137. The first-order valence-corrected chi connectivity index (χ1v) is 20.7. The molecule has 3 aromatic carbocycles. The van der Waals surface area contributed by atoms with Crippen LogP contribution in [0.1, 0.15) is 121 Å². The van der Waals surface area contributed by atoms with E-state index < -0.39 is 12.1 Å². The summed E-state index contributed by atoms with van der Waals surface area (Å²) < 4.78 is 4.85. The van der Waals surface area contributed by atoms with E-state index in [1.165, 1.54) is 12.7 Å². The van der Waals surface area contributed by atoms with Crippen molar-refractivity contribution in [1.82, 2.24) is 40.0 Å². The van der Waals surface area contributed by atoms with Gasteiger partial charge in [0.15, 0.2) is 0 Å². The summed E-state index contributed by atoms with van der Waals surface area (Å²) in [5.41, 5.74) is 6.24. The minimum atomic E-state index is -0.841. The van der Waals surface area contributed by atoms with Crippen LogP contribution < -0.4 is 5.32 Å². The summed E-state index contributed by atoms with van der Waals surface area (Å²) in [4.78, 5) is 62.7. The van der Waals surface area contributed by atoms with Gasteiger partial charge in [0.25, 0.3) is 5.91 Å². The third kappa shape index (κ3) is 8.16. The number of imidazole rings is 2. The predicted molar refractivity (Wildman–Crippen MR) is 222 cm³/mol. The van der Waals surface area contributed by atoms with Crippen LogP contribution in [0.2, 0.25) is 0 Å². The Morgan fingerprint density at radius 2 is 1.28 bits per heavy atom. The molecule has 2 aliphatic heterocycles. The lowest BCUT2D eigenvalue weighted by Gasteiger charge is -2.31. The number of hydrogen-bond acceptors (Lipinski definition) is 7. The summed E-state index contributed by atoms with van der Waals surface area (Å²) in [6.07, 6.45) is 11.0. The van der Waals surface area contributed by atoms with E-state index in [1.807, 2.05) is 102 Å². The van der Waals surface area contributed by atoms with Crippen LogP contribution in [0.4, 0.5) is 4.79 Å². The zero-order valence-corrected chi connectivity index (χ0v) is 33.6. The number of methoxy groups -OCH3 is 1. The van der Waals surface area contributed by atoms with E-state index >= 15 is 0 Å². The Bertz CT molecular complexity index is 2160. The fourth-order valence-electron chi connectivity index (χ4n) is 9.41. The average Bonchev–Trinajstić information content (AvgIpc) is 4.11. The van der Waals surface area contributed by atoms with Crippen molar-refractivity contribution in [2.24, 2.45) is 0 Å². The SMILES string of the molecule is COC(=O)N[C@@H](C(=O)N1CCC[C@H]1c1ncc(C2CCC(c3ccc(-c4cnc([C@@H]5CCCN5C(=O)[C@@H](c5ccccc5)N(C)C)[nH]4)cc3)CC2)[nH]1)c1ccccc1. The normalized spacial score (nSPS) is 21.9. The van der Waals surface area contributed by atoms with Crippen LogP contribution in [0, 0.1) is 0 Å². The quantitative estimate of drug-likeness (QED) is 0.124. The first-order chi connectivity index (χ1) is 28.3. The number of H-pyrrole nitrogens is 2. The average molecular weight is 783 g/mol. The molecule has 0 radical (unpaired) electrons. The molecule has 3 fully saturated rings. The molecule has 1 aliphatic carbocycles. The molecule has 2 saturated heterocycles. The van der Waals surface area contributed by atoms with Gasteiger partial charge in [-0.1, -0.05) is 84.9 Å². The van der Waals surface area contributed by atoms with Gasteiger partial charge in [0, 0.05) is 30.9 Å².